The van der Waals surface area contributed by atoms with E-state index in [1.807, 2.05) is 0 Å². The third kappa shape index (κ3) is 20.2. The maximum Gasteiger partial charge on any atom is 0.127 e. The van der Waals surface area contributed by atoms with E-state index in [4.69, 9.17) is 23.2 Å². The lowest BCUT2D eigenvalue weighted by molar-refractivity contribution is -0.0536. The molecule has 7 saturated carbocycles. The summed E-state index contributed by atoms with van der Waals surface area (Å²) in [5, 5.41) is 0. The van der Waals surface area contributed by atoms with Crippen molar-refractivity contribution in [3.8, 4) is 0 Å². The minimum atomic E-state index is -0.416. The minimum Gasteiger partial charge on any atom is -0.372 e. The summed E-state index contributed by atoms with van der Waals surface area (Å²) in [6, 6.07) is 14.0. The van der Waals surface area contributed by atoms with Crippen LogP contribution < -0.4 is 0 Å². The quantitative estimate of drug-likeness (QED) is 0.111. The van der Waals surface area contributed by atoms with Gasteiger partial charge in [-0.3, -0.25) is 34.3 Å². The van der Waals surface area contributed by atoms with Gasteiger partial charge in [-0.05, 0) is 320 Å². The molecule has 0 radical (unpaired) electrons. The number of rotatable bonds is 16. The molecule has 9 heterocycles. The Morgan fingerprint density at radius 3 is 1.23 bits per heavy atom. The summed E-state index contributed by atoms with van der Waals surface area (Å²) >= 11 is 12.5. The van der Waals surface area contributed by atoms with Crippen LogP contribution in [-0.4, -0.2) is 185 Å². The monoisotopic (exact) mass is 1490 g/mol. The van der Waals surface area contributed by atoms with E-state index < -0.39 is 4.33 Å². The first-order chi connectivity index (χ1) is 48.4. The zero-order valence-electron chi connectivity index (χ0n) is 74.7. The second-order valence-electron chi connectivity index (χ2n) is 43.0. The fourth-order valence-electron chi connectivity index (χ4n) is 24.8. The highest BCUT2D eigenvalue weighted by Gasteiger charge is 2.77. The molecule has 0 amide bonds. The Kier molecular flexibility index (Phi) is 31.2. The summed E-state index contributed by atoms with van der Waals surface area (Å²) < 4.78 is -0.416. The van der Waals surface area contributed by atoms with Crippen molar-refractivity contribution < 1.29 is 0 Å². The van der Waals surface area contributed by atoms with E-state index in [0.717, 1.165) is 179 Å². The van der Waals surface area contributed by atoms with Crippen molar-refractivity contribution >= 4 is 23.2 Å². The van der Waals surface area contributed by atoms with E-state index >= 15 is 0 Å². The molecular formula is C94H176Cl2N8. The zero-order chi connectivity index (χ0) is 77.6. The molecule has 606 valence electrons. The highest BCUT2D eigenvalue weighted by molar-refractivity contribution is 6.51. The van der Waals surface area contributed by atoms with E-state index in [9.17, 15) is 0 Å². The molecule has 16 rings (SSSR count). The van der Waals surface area contributed by atoms with Gasteiger partial charge in [-0.25, -0.2) is 0 Å². The maximum absolute atomic E-state index is 6.26. The molecule has 15 fully saturated rings. The lowest BCUT2D eigenvalue weighted by Crippen LogP contribution is -2.59. The van der Waals surface area contributed by atoms with Gasteiger partial charge in [-0.1, -0.05) is 129 Å². The van der Waals surface area contributed by atoms with Crippen LogP contribution in [0.3, 0.4) is 0 Å². The molecule has 5 unspecified atom stereocenters. The first kappa shape index (κ1) is 89.1. The van der Waals surface area contributed by atoms with Crippen LogP contribution in [0.1, 0.15) is 331 Å². The molecule has 16 aliphatic rings. The van der Waals surface area contributed by atoms with Crippen molar-refractivity contribution in [2.75, 3.05) is 32.7 Å². The van der Waals surface area contributed by atoms with Crippen LogP contribution in [0, 0.1) is 99.1 Å². The third-order valence-corrected chi connectivity index (χ3v) is 31.3. The molecule has 0 aromatic carbocycles. The second-order valence-corrected chi connectivity index (χ2v) is 44.4. The smallest absolute Gasteiger partial charge is 0.127 e. The van der Waals surface area contributed by atoms with Gasteiger partial charge in [0.05, 0.1) is 0 Å². The van der Waals surface area contributed by atoms with Crippen LogP contribution in [0.25, 0.3) is 0 Å². The number of piperidine rings is 5. The van der Waals surface area contributed by atoms with E-state index in [1.54, 1.807) is 12.8 Å². The second kappa shape index (κ2) is 36.4. The molecule has 8 nitrogen and oxygen atoms in total. The fraction of sp³-hybridized carbons (Fsp3) is 0.957. The number of hydrogen-bond donors (Lipinski definition) is 0. The van der Waals surface area contributed by atoms with Gasteiger partial charge in [0.2, 0.25) is 0 Å². The van der Waals surface area contributed by atoms with E-state index in [0.29, 0.717) is 41.9 Å². The van der Waals surface area contributed by atoms with Crippen molar-refractivity contribution in [2.45, 2.75) is 444 Å². The predicted octanol–water partition coefficient (Wildman–Crippen LogP) is 23.2. The number of nitrogens with zero attached hydrogens (tertiary/aromatic N) is 8. The molecule has 0 aromatic heterocycles. The minimum absolute atomic E-state index is 0.416. The van der Waals surface area contributed by atoms with Gasteiger partial charge in [0, 0.05) is 147 Å². The van der Waals surface area contributed by atoms with Crippen molar-refractivity contribution in [2.24, 2.45) is 99.1 Å². The predicted molar refractivity (Wildman–Crippen MR) is 456 cm³/mol. The van der Waals surface area contributed by atoms with Gasteiger partial charge >= 0.3 is 0 Å². The van der Waals surface area contributed by atoms with Crippen LogP contribution in [0.15, 0.2) is 24.4 Å². The highest BCUT2D eigenvalue weighted by Crippen LogP contribution is 2.79. The molecule has 9 aliphatic heterocycles. The largest absolute Gasteiger partial charge is 0.372 e. The Balaban J connectivity index is 0.000000151. The molecule has 14 atom stereocenters. The molecule has 7 aliphatic carbocycles. The summed E-state index contributed by atoms with van der Waals surface area (Å²) in [5.74, 6) is 11.6. The van der Waals surface area contributed by atoms with Crippen molar-refractivity contribution in [3.63, 3.8) is 0 Å². The Hall–Kier alpha value is -0.420. The van der Waals surface area contributed by atoms with E-state index in [1.165, 1.54) is 122 Å². The lowest BCUT2D eigenvalue weighted by Gasteiger charge is -2.55. The molecule has 3 spiro atoms. The molecule has 4 bridgehead atoms. The fourth-order valence-corrected chi connectivity index (χ4v) is 25.7. The summed E-state index contributed by atoms with van der Waals surface area (Å²) in [4.78, 5) is 21.4. The number of alkyl halides is 2. The Bertz CT molecular complexity index is 2490. The molecule has 0 aromatic rings. The number of fused-ring (bicyclic) bond motifs is 9. The van der Waals surface area contributed by atoms with Gasteiger partial charge in [0.1, 0.15) is 4.33 Å². The average molecular weight is 1490 g/mol. The normalized spacial score (nSPS) is 35.2. The van der Waals surface area contributed by atoms with Gasteiger partial charge < -0.3 is 4.90 Å². The van der Waals surface area contributed by atoms with Crippen LogP contribution in [0.5, 0.6) is 0 Å². The molecule has 8 saturated heterocycles. The molecule has 10 heteroatoms. The number of likely N-dealkylation sites (tertiary alicyclic amines) is 6. The standard InChI is InChI=1S/C13H23N.C13H25N.3C12H23N.C11H19Cl2N.C11H21N.C10H19N/c1-8(2)12-11-10(13(11)5-6-13)7-14(12)9(3)4;1-9(2)13-11-5-7-12(8-6-11)14(13)10(3)4;1-9(2)11-7-12(5-6-12)8-13(11)10(3)4;1-9(2)11-12(5-6-12)7-8-13(11)10(3)4;1-8(2)12-10-5-6-11(7-10)13(12)9(3)4;1-6(2)10-9-8(11(9,12)13)5-14(10)7(3)4;1-8(2)11-6-10(5)7-12(11)9(3)4;1-8(2)10-6-5-7-11(10)9(3)4/h8-12H,5-7H2,1-4H3;9-13H,5-8H2,1-4H3;2*9-11H,5-8H2,1-4H3;8-12H,5-7H2,1-4H3;6-10H,5H2,1-4H3;8-9,11H,5-7H2,1-4H3;5,7-10H,6H2,1-4H3/t10-,11?,12+;;;11-;10-,11+,12?;8-,9?,10+;11-;10-/m0..10000/s1. The van der Waals surface area contributed by atoms with Crippen LogP contribution in [-0.2, 0) is 0 Å². The van der Waals surface area contributed by atoms with E-state index in [-0.39, 0.29) is 0 Å². The van der Waals surface area contributed by atoms with Crippen molar-refractivity contribution in [3.05, 3.63) is 24.4 Å². The SMILES string of the molecule is C=C1C[C@@H](C(C)C)N(C(C)C)C1.CC(C)C1C2CCC(CC2)N1C(C)C.CC(C)C1CC2(CC2)CN1C(C)C.CC(C)C1[C@H]2CC[C@H](C2)N1C(C)C.CC(C)[C@@H]1C2[C@H](CN1C(C)C)C2(Cl)Cl.CC(C)[C@@H]1C2[C@H](CN1C(C)C)C21CC1.CC(C)[C@@H]1CC=CN1C(C)C.CC(C)[C@H]1N(C(C)C)CCC12CC2. The molecule has 0 N–H and O–H groups in total. The maximum atomic E-state index is 6.26. The van der Waals surface area contributed by atoms with Crippen LogP contribution in [0.2, 0.25) is 0 Å². The summed E-state index contributed by atoms with van der Waals surface area (Å²) in [6.07, 6.45) is 29.4. The highest BCUT2D eigenvalue weighted by atomic mass is 35.5. The molecule has 104 heavy (non-hydrogen) atoms. The van der Waals surface area contributed by atoms with Gasteiger partial charge in [0.25, 0.3) is 0 Å². The molecular weight excluding hydrogens is 1310 g/mol. The zero-order valence-corrected chi connectivity index (χ0v) is 76.2. The summed E-state index contributed by atoms with van der Waals surface area (Å²) in [5.41, 5.74) is 3.83. The van der Waals surface area contributed by atoms with Gasteiger partial charge in [-0.2, -0.15) is 0 Å². The first-order valence-corrected chi connectivity index (χ1v) is 46.0. The number of halogens is 2. The van der Waals surface area contributed by atoms with Crippen molar-refractivity contribution in [1.29, 1.82) is 0 Å². The van der Waals surface area contributed by atoms with Crippen molar-refractivity contribution in [1.82, 2.24) is 39.2 Å². The van der Waals surface area contributed by atoms with E-state index in [2.05, 4.69) is 280 Å². The Labute approximate surface area is 658 Å². The van der Waals surface area contributed by atoms with Gasteiger partial charge in [0.15, 0.2) is 0 Å². The Morgan fingerprint density at radius 1 is 0.404 bits per heavy atom. The third-order valence-electron chi connectivity index (χ3n) is 30.3. The summed E-state index contributed by atoms with van der Waals surface area (Å²) in [6.45, 7) is 85.2. The van der Waals surface area contributed by atoms with Gasteiger partial charge in [-0.15, -0.1) is 23.2 Å². The summed E-state index contributed by atoms with van der Waals surface area (Å²) in [7, 11) is 0. The van der Waals surface area contributed by atoms with Crippen LogP contribution >= 0.6 is 23.2 Å². The first-order valence-electron chi connectivity index (χ1n) is 45.2. The number of hydrogen-bond acceptors (Lipinski definition) is 8. The average Bonchev–Trinajstić information content (AvgIpc) is 1.48. The lowest BCUT2D eigenvalue weighted by atomic mass is 9.70. The topological polar surface area (TPSA) is 25.9 Å². The Morgan fingerprint density at radius 2 is 0.856 bits per heavy atom. The van der Waals surface area contributed by atoms with Crippen LogP contribution in [0.4, 0.5) is 0 Å².